The van der Waals surface area contributed by atoms with Gasteiger partial charge in [0.1, 0.15) is 11.9 Å². The van der Waals surface area contributed by atoms with E-state index in [2.05, 4.69) is 19.3 Å². The molecule has 53 heavy (non-hydrogen) atoms. The van der Waals surface area contributed by atoms with Crippen molar-refractivity contribution >= 4 is 50.9 Å². The number of nitrogens with zero attached hydrogens (tertiary/aromatic N) is 2. The van der Waals surface area contributed by atoms with Crippen molar-refractivity contribution < 1.29 is 55.2 Å². The second kappa shape index (κ2) is 18.9. The largest absolute Gasteiger partial charge is 0.495 e. The second-order valence-corrected chi connectivity index (χ2v) is 15.0. The lowest BCUT2D eigenvalue weighted by Crippen LogP contribution is -2.37. The number of rotatable bonds is 19. The Morgan fingerprint density at radius 1 is 1.04 bits per heavy atom. The summed E-state index contributed by atoms with van der Waals surface area (Å²) >= 11 is 12.7. The maximum atomic E-state index is 13.2. The molecule has 1 aliphatic carbocycles. The first-order valence-electron chi connectivity index (χ1n) is 16.8. The van der Waals surface area contributed by atoms with Gasteiger partial charge in [0.15, 0.2) is 18.1 Å². The van der Waals surface area contributed by atoms with E-state index in [0.717, 1.165) is 25.9 Å². The highest BCUT2D eigenvalue weighted by atomic mass is 35.5. The molecule has 1 N–H and O–H groups in total. The van der Waals surface area contributed by atoms with E-state index in [1.165, 1.54) is 55.9 Å². The minimum absolute atomic E-state index is 0.0149. The minimum Gasteiger partial charge on any atom is -0.495 e. The van der Waals surface area contributed by atoms with Crippen molar-refractivity contribution in [1.29, 1.82) is 0 Å². The monoisotopic (exact) mass is 801 g/mol. The predicted molar refractivity (Wildman–Crippen MR) is 191 cm³/mol. The molecule has 18 heteroatoms. The number of aromatic nitrogens is 1. The highest BCUT2D eigenvalue weighted by molar-refractivity contribution is 7.92. The molecule has 3 aromatic rings. The Kier molecular flexibility index (Phi) is 14.3. The molecule has 0 bridgehead atoms. The van der Waals surface area contributed by atoms with Crippen molar-refractivity contribution in [2.45, 2.75) is 38.4 Å². The van der Waals surface area contributed by atoms with Crippen LogP contribution in [0.2, 0.25) is 10.0 Å². The molecular formula is C35H39Cl2F2N3O10S. The molecule has 2 aromatic carbocycles. The topological polar surface area (TPSA) is 152 Å². The number of pyridine rings is 1. The number of anilines is 1. The first-order valence-corrected chi connectivity index (χ1v) is 19.2. The van der Waals surface area contributed by atoms with Gasteiger partial charge in [-0.05, 0) is 73.2 Å². The summed E-state index contributed by atoms with van der Waals surface area (Å²) in [6.45, 7) is -0.399. The van der Waals surface area contributed by atoms with Gasteiger partial charge in [0.25, 0.3) is 0 Å². The summed E-state index contributed by atoms with van der Waals surface area (Å²) in [5.74, 6) is -1.79. The number of carbonyl (C=O) groups excluding carboxylic acids is 2. The van der Waals surface area contributed by atoms with Gasteiger partial charge in [0, 0.05) is 31.9 Å². The van der Waals surface area contributed by atoms with Crippen LogP contribution < -0.4 is 18.9 Å². The lowest BCUT2D eigenvalue weighted by molar-refractivity contribution is -0.153. The van der Waals surface area contributed by atoms with Crippen molar-refractivity contribution in [2.24, 2.45) is 5.92 Å². The molecule has 2 fully saturated rings. The predicted octanol–water partition coefficient (Wildman–Crippen LogP) is 5.94. The lowest BCUT2D eigenvalue weighted by Gasteiger charge is -2.26. The number of morpholine rings is 1. The molecule has 0 radical (unpaired) electrons. The van der Waals surface area contributed by atoms with Crippen molar-refractivity contribution in [2.75, 3.05) is 63.6 Å². The summed E-state index contributed by atoms with van der Waals surface area (Å²) in [5.41, 5.74) is 0.670. The van der Waals surface area contributed by atoms with Crippen molar-refractivity contribution in [3.63, 3.8) is 0 Å². The van der Waals surface area contributed by atoms with Gasteiger partial charge in [-0.3, -0.25) is 14.6 Å². The zero-order valence-electron chi connectivity index (χ0n) is 28.7. The van der Waals surface area contributed by atoms with E-state index < -0.39 is 41.3 Å². The number of benzene rings is 2. The van der Waals surface area contributed by atoms with Crippen LogP contribution >= 0.6 is 23.2 Å². The van der Waals surface area contributed by atoms with E-state index in [1.54, 1.807) is 0 Å². The second-order valence-electron chi connectivity index (χ2n) is 12.3. The molecule has 13 nitrogen and oxygen atoms in total. The van der Waals surface area contributed by atoms with E-state index in [-0.39, 0.29) is 57.3 Å². The van der Waals surface area contributed by atoms with Gasteiger partial charge in [-0.2, -0.15) is 8.78 Å². The number of sulfonamides is 1. The van der Waals surface area contributed by atoms with E-state index in [4.69, 9.17) is 46.9 Å². The fraction of sp³-hybridized carbons (Fsp3) is 0.457. The Morgan fingerprint density at radius 2 is 1.75 bits per heavy atom. The van der Waals surface area contributed by atoms with Crippen LogP contribution in [0.25, 0.3) is 0 Å². The number of alkyl halides is 2. The van der Waals surface area contributed by atoms with E-state index in [1.807, 2.05) is 0 Å². The fourth-order valence-electron chi connectivity index (χ4n) is 5.41. The van der Waals surface area contributed by atoms with Gasteiger partial charge < -0.3 is 28.4 Å². The van der Waals surface area contributed by atoms with Crippen molar-refractivity contribution in [3.05, 3.63) is 75.5 Å². The van der Waals surface area contributed by atoms with Crippen LogP contribution in [0.1, 0.15) is 46.9 Å². The Hall–Kier alpha value is -3.96. The zero-order valence-corrected chi connectivity index (χ0v) is 31.1. The number of nitrogens with one attached hydrogen (secondary N) is 1. The molecule has 0 spiro atoms. The third kappa shape index (κ3) is 12.3. The molecule has 0 amide bonds. The Balaban J connectivity index is 1.26. The average molecular weight is 803 g/mol. The summed E-state index contributed by atoms with van der Waals surface area (Å²) in [6, 6.07) is 8.12. The Bertz CT molecular complexity index is 1830. The number of esters is 2. The van der Waals surface area contributed by atoms with Gasteiger partial charge in [0.2, 0.25) is 10.0 Å². The highest BCUT2D eigenvalue weighted by Gasteiger charge is 2.27. The van der Waals surface area contributed by atoms with Crippen molar-refractivity contribution in [3.8, 4) is 17.2 Å². The average Bonchev–Trinajstić information content (AvgIpc) is 3.96. The number of halogens is 4. The standard InChI is InChI=1S/C35H39Cl2F2N3O10S/c1-47-29-7-6-24(15-28(29)41-53(45,46)14-2-9-42-10-12-48-13-11-42)34(44)50-21-33(43)51-31(17-25-26(36)18-40-19-27(25)37)23-5-8-30(52-35(38)39)32(16-23)49-20-22-3-4-22/h5-8,15-16,18-19,22,31,35,41H,2-4,9-14,17,20-21H2,1H3/t31-/m0/s1. The molecule has 1 saturated carbocycles. The number of ether oxygens (including phenoxy) is 6. The maximum Gasteiger partial charge on any atom is 0.387 e. The Morgan fingerprint density at radius 3 is 2.43 bits per heavy atom. The van der Waals surface area contributed by atoms with Crippen LogP contribution in [0.15, 0.2) is 48.8 Å². The van der Waals surface area contributed by atoms with Crippen LogP contribution in [-0.4, -0.2) is 95.8 Å². The molecule has 1 aliphatic heterocycles. The van der Waals surface area contributed by atoms with Crippen LogP contribution in [0.5, 0.6) is 17.2 Å². The van der Waals surface area contributed by atoms with Crippen molar-refractivity contribution in [1.82, 2.24) is 9.88 Å². The van der Waals surface area contributed by atoms with E-state index >= 15 is 0 Å². The van der Waals surface area contributed by atoms with E-state index in [9.17, 15) is 26.8 Å². The lowest BCUT2D eigenvalue weighted by atomic mass is 10.0. The van der Waals surface area contributed by atoms with Gasteiger partial charge >= 0.3 is 18.6 Å². The highest BCUT2D eigenvalue weighted by Crippen LogP contribution is 2.38. The number of hydrogen-bond acceptors (Lipinski definition) is 12. The molecule has 1 atom stereocenters. The van der Waals surface area contributed by atoms with E-state index in [0.29, 0.717) is 43.2 Å². The van der Waals surface area contributed by atoms with Crippen LogP contribution in [-0.2, 0) is 35.4 Å². The van der Waals surface area contributed by atoms with Gasteiger partial charge in [0.05, 0.1) is 54.0 Å². The van der Waals surface area contributed by atoms with Crippen LogP contribution in [0, 0.1) is 5.92 Å². The maximum absolute atomic E-state index is 13.2. The molecule has 2 heterocycles. The first kappa shape index (κ1) is 40.2. The van der Waals surface area contributed by atoms with Crippen LogP contribution in [0.4, 0.5) is 14.5 Å². The molecule has 2 aliphatic rings. The summed E-state index contributed by atoms with van der Waals surface area (Å²) in [7, 11) is -2.46. The number of hydrogen-bond donors (Lipinski definition) is 1. The SMILES string of the molecule is COc1ccc(C(=O)OCC(=O)O[C@@H](Cc2c(Cl)cncc2Cl)c2ccc(OC(F)F)c(OCC3CC3)c2)cc1NS(=O)(=O)CCCN1CCOCC1. The summed E-state index contributed by atoms with van der Waals surface area (Å²) < 4.78 is 86.6. The normalized spacial score (nSPS) is 15.4. The third-order valence-electron chi connectivity index (χ3n) is 8.36. The summed E-state index contributed by atoms with van der Waals surface area (Å²) in [5, 5.41) is 0.381. The molecule has 0 unspecified atom stereocenters. The van der Waals surface area contributed by atoms with Crippen LogP contribution in [0.3, 0.4) is 0 Å². The smallest absolute Gasteiger partial charge is 0.387 e. The fourth-order valence-corrected chi connectivity index (χ4v) is 7.03. The van der Waals surface area contributed by atoms with Gasteiger partial charge in [-0.25, -0.2) is 18.0 Å². The zero-order chi connectivity index (χ0) is 38.0. The summed E-state index contributed by atoms with van der Waals surface area (Å²) in [6.07, 6.45) is 3.84. The minimum atomic E-state index is -3.82. The molecule has 288 valence electrons. The number of carbonyl (C=O) groups is 2. The Labute approximate surface area is 315 Å². The van der Waals surface area contributed by atoms with Gasteiger partial charge in [-0.15, -0.1) is 0 Å². The molecular weight excluding hydrogens is 763 g/mol. The molecule has 1 aromatic heterocycles. The first-order chi connectivity index (χ1) is 25.4. The summed E-state index contributed by atoms with van der Waals surface area (Å²) in [4.78, 5) is 32.3. The third-order valence-corrected chi connectivity index (χ3v) is 10.4. The quantitative estimate of drug-likeness (QED) is 0.143. The number of methoxy groups -OCH3 is 1. The molecule has 1 saturated heterocycles. The van der Waals surface area contributed by atoms with Gasteiger partial charge in [-0.1, -0.05) is 29.3 Å². The molecule has 5 rings (SSSR count).